The lowest BCUT2D eigenvalue weighted by molar-refractivity contribution is 0.100. The van der Waals surface area contributed by atoms with E-state index in [4.69, 9.17) is 15.2 Å². The average molecular weight is 400 g/mol. The molecule has 1 aliphatic rings. The van der Waals surface area contributed by atoms with Gasteiger partial charge in [0.25, 0.3) is 0 Å². The molecule has 1 aromatic heterocycles. The second-order valence-corrected chi connectivity index (χ2v) is 6.14. The number of benzene rings is 1. The highest BCUT2D eigenvalue weighted by Gasteiger charge is 2.16. The zero-order valence-corrected chi connectivity index (χ0v) is 16.2. The Kier molecular flexibility index (Phi) is 7.25. The molecule has 29 heavy (non-hydrogen) atoms. The molecule has 154 valence electrons. The van der Waals surface area contributed by atoms with Gasteiger partial charge in [0, 0.05) is 25.2 Å². The fourth-order valence-electron chi connectivity index (χ4n) is 2.54. The van der Waals surface area contributed by atoms with Crippen LogP contribution in [0.5, 0.6) is 6.01 Å². The number of carbonyl (C=O) groups excluding carboxylic acids is 1. The molecule has 1 saturated heterocycles. The van der Waals surface area contributed by atoms with Gasteiger partial charge >= 0.3 is 6.01 Å². The van der Waals surface area contributed by atoms with Crippen LogP contribution in [0.2, 0.25) is 0 Å². The van der Waals surface area contributed by atoms with E-state index in [0.29, 0.717) is 62.5 Å². The summed E-state index contributed by atoms with van der Waals surface area (Å²) in [7, 11) is 1.84. The van der Waals surface area contributed by atoms with Gasteiger partial charge in [0.15, 0.2) is 5.82 Å². The third-order valence-electron chi connectivity index (χ3n) is 4.02. The molecule has 11 nitrogen and oxygen atoms in total. The minimum Gasteiger partial charge on any atom is -0.462 e. The Bertz CT molecular complexity index is 855. The molecule has 3 rings (SSSR count). The van der Waals surface area contributed by atoms with Crippen molar-refractivity contribution in [1.29, 1.82) is 0 Å². The number of nitrogens with one attached hydrogen (secondary N) is 2. The van der Waals surface area contributed by atoms with E-state index >= 15 is 0 Å². The summed E-state index contributed by atoms with van der Waals surface area (Å²) in [4.78, 5) is 26.4. The molecule has 2 aromatic rings. The van der Waals surface area contributed by atoms with Crippen molar-refractivity contribution in [2.75, 3.05) is 56.8 Å². The predicted octanol–water partition coefficient (Wildman–Crippen LogP) is -0.149. The molecule has 0 spiro atoms. The number of hydrazone groups is 1. The van der Waals surface area contributed by atoms with Crippen molar-refractivity contribution in [2.24, 2.45) is 10.8 Å². The molecule has 0 unspecified atom stereocenters. The van der Waals surface area contributed by atoms with Gasteiger partial charge in [-0.2, -0.15) is 20.1 Å². The topological polar surface area (TPSA) is 140 Å². The van der Waals surface area contributed by atoms with Gasteiger partial charge in [-0.05, 0) is 25.2 Å². The van der Waals surface area contributed by atoms with Crippen molar-refractivity contribution in [3.8, 4) is 6.01 Å². The van der Waals surface area contributed by atoms with E-state index in [1.165, 1.54) is 6.21 Å². The Labute approximate surface area is 168 Å². The van der Waals surface area contributed by atoms with E-state index in [0.717, 1.165) is 0 Å². The SMILES string of the molecule is CNCCOc1nc(C=NNc2cccc(C(N)=O)c2)nc(N2CCOCC2)n1. The Morgan fingerprint density at radius 3 is 2.93 bits per heavy atom. The molecule has 1 aliphatic heterocycles. The number of aromatic nitrogens is 3. The number of rotatable bonds is 9. The van der Waals surface area contributed by atoms with Crippen LogP contribution in [0, 0.1) is 0 Å². The van der Waals surface area contributed by atoms with E-state index in [2.05, 4.69) is 30.8 Å². The predicted molar refractivity (Wildman–Crippen MR) is 108 cm³/mol. The van der Waals surface area contributed by atoms with Gasteiger partial charge in [-0.15, -0.1) is 0 Å². The van der Waals surface area contributed by atoms with Gasteiger partial charge in [0.1, 0.15) is 6.61 Å². The summed E-state index contributed by atoms with van der Waals surface area (Å²) >= 11 is 0. The monoisotopic (exact) mass is 400 g/mol. The number of hydrogen-bond donors (Lipinski definition) is 3. The van der Waals surface area contributed by atoms with Crippen LogP contribution in [-0.2, 0) is 4.74 Å². The molecular formula is C18H24N8O3. The third kappa shape index (κ3) is 6.09. The van der Waals surface area contributed by atoms with Crippen LogP contribution in [0.1, 0.15) is 16.2 Å². The fourth-order valence-corrected chi connectivity index (χ4v) is 2.54. The smallest absolute Gasteiger partial charge is 0.321 e. The molecule has 11 heteroatoms. The van der Waals surface area contributed by atoms with E-state index < -0.39 is 5.91 Å². The molecule has 1 amide bonds. The highest BCUT2D eigenvalue weighted by molar-refractivity contribution is 5.93. The Morgan fingerprint density at radius 1 is 1.34 bits per heavy atom. The molecular weight excluding hydrogens is 376 g/mol. The van der Waals surface area contributed by atoms with Crippen molar-refractivity contribution >= 4 is 23.8 Å². The largest absolute Gasteiger partial charge is 0.462 e. The summed E-state index contributed by atoms with van der Waals surface area (Å²) in [6.45, 7) is 3.70. The molecule has 4 N–H and O–H groups in total. The van der Waals surface area contributed by atoms with Crippen LogP contribution in [0.3, 0.4) is 0 Å². The van der Waals surface area contributed by atoms with Crippen LogP contribution in [0.15, 0.2) is 29.4 Å². The number of morpholine rings is 1. The maximum Gasteiger partial charge on any atom is 0.321 e. The van der Waals surface area contributed by atoms with Crippen LogP contribution in [0.25, 0.3) is 0 Å². The standard InChI is InChI=1S/C18H24N8O3/c1-20-5-8-29-18-23-15(22-17(24-18)26-6-9-28-10-7-26)12-21-25-14-4-2-3-13(11-14)16(19)27/h2-4,11-12,20,25H,5-10H2,1H3,(H2,19,27). The Balaban J connectivity index is 1.75. The molecule has 0 radical (unpaired) electrons. The second-order valence-electron chi connectivity index (χ2n) is 6.14. The van der Waals surface area contributed by atoms with Gasteiger partial charge in [-0.25, -0.2) is 0 Å². The van der Waals surface area contributed by atoms with Crippen LogP contribution in [-0.4, -0.2) is 73.6 Å². The zero-order valence-electron chi connectivity index (χ0n) is 16.2. The number of anilines is 2. The fraction of sp³-hybridized carbons (Fsp3) is 0.389. The van der Waals surface area contributed by atoms with E-state index in [-0.39, 0.29) is 6.01 Å². The normalized spacial score (nSPS) is 14.2. The van der Waals surface area contributed by atoms with Crippen molar-refractivity contribution < 1.29 is 14.3 Å². The molecule has 0 atom stereocenters. The Hall–Kier alpha value is -3.31. The number of ether oxygens (including phenoxy) is 2. The maximum absolute atomic E-state index is 11.3. The highest BCUT2D eigenvalue weighted by atomic mass is 16.5. The molecule has 1 fully saturated rings. The third-order valence-corrected chi connectivity index (χ3v) is 4.02. The van der Waals surface area contributed by atoms with Crippen LogP contribution >= 0.6 is 0 Å². The summed E-state index contributed by atoms with van der Waals surface area (Å²) in [6.07, 6.45) is 1.47. The number of carbonyl (C=O) groups is 1. The number of nitrogens with zero attached hydrogens (tertiary/aromatic N) is 5. The van der Waals surface area contributed by atoms with Crippen LogP contribution < -0.4 is 26.1 Å². The van der Waals surface area contributed by atoms with Crippen molar-refractivity contribution in [3.63, 3.8) is 0 Å². The molecule has 0 bridgehead atoms. The lowest BCUT2D eigenvalue weighted by Gasteiger charge is -2.26. The minimum atomic E-state index is -0.506. The van der Waals surface area contributed by atoms with Crippen molar-refractivity contribution in [1.82, 2.24) is 20.3 Å². The van der Waals surface area contributed by atoms with E-state index in [9.17, 15) is 4.79 Å². The number of amides is 1. The van der Waals surface area contributed by atoms with E-state index in [1.807, 2.05) is 11.9 Å². The number of primary amides is 1. The van der Waals surface area contributed by atoms with Gasteiger partial charge < -0.3 is 25.4 Å². The van der Waals surface area contributed by atoms with Gasteiger partial charge in [0.2, 0.25) is 11.9 Å². The van der Waals surface area contributed by atoms with Gasteiger partial charge in [0.05, 0.1) is 25.1 Å². The first-order valence-corrected chi connectivity index (χ1v) is 9.21. The number of hydrogen-bond acceptors (Lipinski definition) is 10. The maximum atomic E-state index is 11.3. The first-order chi connectivity index (χ1) is 14.2. The first kappa shape index (κ1) is 20.4. The Morgan fingerprint density at radius 2 is 2.17 bits per heavy atom. The zero-order chi connectivity index (χ0) is 20.5. The summed E-state index contributed by atoms with van der Waals surface area (Å²) in [5.41, 5.74) is 9.13. The second kappa shape index (κ2) is 10.3. The molecule has 0 saturated carbocycles. The van der Waals surface area contributed by atoms with Crippen molar-refractivity contribution in [2.45, 2.75) is 0 Å². The number of nitrogens with two attached hydrogens (primary N) is 1. The average Bonchev–Trinajstić information content (AvgIpc) is 2.75. The first-order valence-electron chi connectivity index (χ1n) is 9.21. The van der Waals surface area contributed by atoms with Crippen LogP contribution in [0.4, 0.5) is 11.6 Å². The molecule has 0 aliphatic carbocycles. The van der Waals surface area contributed by atoms with E-state index in [1.54, 1.807) is 24.3 Å². The lowest BCUT2D eigenvalue weighted by Crippen LogP contribution is -2.37. The molecule has 2 heterocycles. The van der Waals surface area contributed by atoms with Crippen molar-refractivity contribution in [3.05, 3.63) is 35.7 Å². The summed E-state index contributed by atoms with van der Waals surface area (Å²) < 4.78 is 11.0. The number of likely N-dealkylation sites (N-methyl/N-ethyl adjacent to an activating group) is 1. The highest BCUT2D eigenvalue weighted by Crippen LogP contribution is 2.14. The summed E-state index contributed by atoms with van der Waals surface area (Å²) in [5, 5.41) is 7.15. The molecule has 1 aromatic carbocycles. The van der Waals surface area contributed by atoms with Gasteiger partial charge in [-0.1, -0.05) is 6.07 Å². The lowest BCUT2D eigenvalue weighted by atomic mass is 10.2. The van der Waals surface area contributed by atoms with Gasteiger partial charge in [-0.3, -0.25) is 10.2 Å². The minimum absolute atomic E-state index is 0.230. The summed E-state index contributed by atoms with van der Waals surface area (Å²) in [5.74, 6) is 0.355. The quantitative estimate of drug-likeness (QED) is 0.298. The summed E-state index contributed by atoms with van der Waals surface area (Å²) in [6, 6.07) is 6.95.